The molecule has 0 bridgehead atoms. The van der Waals surface area contributed by atoms with E-state index in [1.54, 1.807) is 6.07 Å². The van der Waals surface area contributed by atoms with Crippen molar-refractivity contribution in [1.82, 2.24) is 15.0 Å². The van der Waals surface area contributed by atoms with Crippen molar-refractivity contribution < 1.29 is 27.4 Å². The van der Waals surface area contributed by atoms with Crippen LogP contribution >= 0.6 is 0 Å². The normalized spacial score (nSPS) is 12.0. The molecule has 1 aromatic carbocycles. The molecule has 4 aromatic rings. The van der Waals surface area contributed by atoms with Gasteiger partial charge in [0.15, 0.2) is 0 Å². The van der Waals surface area contributed by atoms with E-state index in [0.717, 1.165) is 22.5 Å². The van der Waals surface area contributed by atoms with Gasteiger partial charge >= 0.3 is 12.1 Å². The van der Waals surface area contributed by atoms with E-state index in [9.17, 15) is 18.0 Å². The third kappa shape index (κ3) is 6.37. The van der Waals surface area contributed by atoms with Gasteiger partial charge in [-0.15, -0.1) is 0 Å². The molecule has 0 amide bonds. The molecular weight excluding hydrogens is 461 g/mol. The summed E-state index contributed by atoms with van der Waals surface area (Å²) in [7, 11) is 0. The van der Waals surface area contributed by atoms with Gasteiger partial charge in [0.05, 0.1) is 6.20 Å². The largest absolute Gasteiger partial charge is 0.491 e. The molecule has 7 nitrogen and oxygen atoms in total. The number of aromatic nitrogens is 3. The number of benzene rings is 1. The number of fused-ring (bicyclic) bond motifs is 1. The van der Waals surface area contributed by atoms with E-state index in [4.69, 9.17) is 10.5 Å². The highest BCUT2D eigenvalue weighted by molar-refractivity contribution is 5.83. The number of nitrogens with zero attached hydrogens (tertiary/aromatic N) is 2. The van der Waals surface area contributed by atoms with Crippen molar-refractivity contribution in [3.05, 3.63) is 83.9 Å². The highest BCUT2D eigenvalue weighted by Crippen LogP contribution is 2.20. The van der Waals surface area contributed by atoms with Gasteiger partial charge in [0.25, 0.3) is 0 Å². The van der Waals surface area contributed by atoms with Gasteiger partial charge in [0, 0.05) is 52.7 Å². The number of esters is 1. The van der Waals surface area contributed by atoms with Crippen LogP contribution in [0.15, 0.2) is 67.3 Å². The Hall–Kier alpha value is -4.36. The number of pyridine rings is 2. The Kier molecular flexibility index (Phi) is 6.98. The number of hydrogen-bond donors (Lipinski definition) is 2. The molecule has 0 fully saturated rings. The summed E-state index contributed by atoms with van der Waals surface area (Å²) in [5, 5.41) is 1.12. The van der Waals surface area contributed by atoms with Crippen LogP contribution in [0.4, 0.5) is 13.2 Å². The molecule has 0 spiro atoms. The van der Waals surface area contributed by atoms with Gasteiger partial charge in [-0.1, -0.05) is 30.0 Å². The first kappa shape index (κ1) is 23.8. The van der Waals surface area contributed by atoms with Crippen LogP contribution in [-0.4, -0.2) is 39.7 Å². The predicted molar refractivity (Wildman–Crippen MR) is 122 cm³/mol. The van der Waals surface area contributed by atoms with Gasteiger partial charge < -0.3 is 20.2 Å². The summed E-state index contributed by atoms with van der Waals surface area (Å²) in [6.45, 7) is 0.260. The van der Waals surface area contributed by atoms with Crippen molar-refractivity contribution in [3.8, 4) is 23.5 Å². The minimum absolute atomic E-state index is 0.251. The van der Waals surface area contributed by atoms with E-state index in [-0.39, 0.29) is 12.6 Å². The Bertz CT molecular complexity index is 1410. The molecule has 0 aliphatic carbocycles. The monoisotopic (exact) mass is 480 g/mol. The summed E-state index contributed by atoms with van der Waals surface area (Å²) in [5.41, 5.74) is 9.22. The molecule has 0 saturated carbocycles. The van der Waals surface area contributed by atoms with Gasteiger partial charge in [-0.2, -0.15) is 13.2 Å². The summed E-state index contributed by atoms with van der Waals surface area (Å²) < 4.78 is 47.1. The number of alkyl halides is 3. The van der Waals surface area contributed by atoms with E-state index in [1.165, 1.54) is 24.7 Å². The molecule has 4 rings (SSSR count). The van der Waals surface area contributed by atoms with Crippen molar-refractivity contribution in [1.29, 1.82) is 0 Å². The molecular formula is C25H19F3N4O3. The Morgan fingerprint density at radius 1 is 1.11 bits per heavy atom. The Morgan fingerprint density at radius 2 is 1.91 bits per heavy atom. The number of rotatable bonds is 6. The second-order valence-corrected chi connectivity index (χ2v) is 7.56. The van der Waals surface area contributed by atoms with Crippen LogP contribution in [0.25, 0.3) is 10.9 Å². The van der Waals surface area contributed by atoms with E-state index >= 15 is 0 Å². The van der Waals surface area contributed by atoms with Crippen LogP contribution in [0.3, 0.4) is 0 Å². The number of carbonyl (C=O) groups is 1. The highest BCUT2D eigenvalue weighted by atomic mass is 19.4. The number of aromatic amines is 1. The van der Waals surface area contributed by atoms with E-state index in [0.29, 0.717) is 23.3 Å². The first-order chi connectivity index (χ1) is 16.8. The first-order valence-electron chi connectivity index (χ1n) is 10.4. The van der Waals surface area contributed by atoms with Crippen molar-refractivity contribution in [2.45, 2.75) is 18.6 Å². The zero-order valence-electron chi connectivity index (χ0n) is 18.2. The molecule has 3 aromatic heterocycles. The number of carbonyl (C=O) groups excluding carboxylic acids is 1. The quantitative estimate of drug-likeness (QED) is 0.322. The molecule has 0 saturated heterocycles. The smallest absolute Gasteiger partial charge is 0.490 e. The molecule has 0 radical (unpaired) electrons. The summed E-state index contributed by atoms with van der Waals surface area (Å²) >= 11 is 0. The molecule has 35 heavy (non-hydrogen) atoms. The van der Waals surface area contributed by atoms with E-state index < -0.39 is 18.0 Å². The third-order valence-electron chi connectivity index (χ3n) is 4.85. The molecule has 0 aliphatic heterocycles. The topological polar surface area (TPSA) is 103 Å². The maximum Gasteiger partial charge on any atom is 0.491 e. The van der Waals surface area contributed by atoms with Gasteiger partial charge in [0.1, 0.15) is 12.4 Å². The SMILES string of the molecule is NC(COc1cncc(C#Cc2ccnc(OC(=O)C(F)(F)F)c2)c1)Cc1c[nH]c2ccccc12. The van der Waals surface area contributed by atoms with Gasteiger partial charge in [-0.25, -0.2) is 9.78 Å². The van der Waals surface area contributed by atoms with Gasteiger partial charge in [-0.3, -0.25) is 4.98 Å². The molecule has 1 atom stereocenters. The van der Waals surface area contributed by atoms with Crippen LogP contribution < -0.4 is 15.2 Å². The Labute approximate surface area is 198 Å². The zero-order chi connectivity index (χ0) is 24.8. The van der Waals surface area contributed by atoms with Crippen molar-refractivity contribution in [3.63, 3.8) is 0 Å². The fourth-order valence-electron chi connectivity index (χ4n) is 3.25. The van der Waals surface area contributed by atoms with Crippen molar-refractivity contribution in [2.75, 3.05) is 6.61 Å². The Balaban J connectivity index is 1.37. The van der Waals surface area contributed by atoms with Crippen molar-refractivity contribution >= 4 is 16.9 Å². The van der Waals surface area contributed by atoms with Crippen LogP contribution in [-0.2, 0) is 11.2 Å². The van der Waals surface area contributed by atoms with Crippen molar-refractivity contribution in [2.24, 2.45) is 5.73 Å². The minimum atomic E-state index is -5.12. The van der Waals surface area contributed by atoms with Crippen LogP contribution in [0, 0.1) is 11.8 Å². The highest BCUT2D eigenvalue weighted by Gasteiger charge is 2.41. The second kappa shape index (κ2) is 10.3. The van der Waals surface area contributed by atoms with Gasteiger partial charge in [0.2, 0.25) is 5.88 Å². The summed E-state index contributed by atoms with van der Waals surface area (Å²) in [5.74, 6) is 3.22. The van der Waals surface area contributed by atoms with E-state index in [2.05, 4.69) is 31.5 Å². The standard InChI is InChI=1S/C25H19F3N4O3/c26-25(27,28)24(33)35-23-10-16(7-8-31-23)5-6-17-9-20(14-30-12-17)34-15-19(29)11-18-13-32-22-4-2-1-3-21(18)22/h1-4,7-10,12-14,19,32H,11,15,29H2. The molecule has 10 heteroatoms. The summed E-state index contributed by atoms with van der Waals surface area (Å²) in [6.07, 6.45) is 1.68. The fourth-order valence-corrected chi connectivity index (χ4v) is 3.25. The molecule has 0 aliphatic rings. The number of halogens is 3. The molecule has 3 heterocycles. The number of nitrogens with one attached hydrogen (secondary N) is 1. The van der Waals surface area contributed by atoms with E-state index in [1.807, 2.05) is 30.5 Å². The summed E-state index contributed by atoms with van der Waals surface area (Å²) in [6, 6.07) is 12.0. The average Bonchev–Trinajstić information content (AvgIpc) is 3.24. The third-order valence-corrected chi connectivity index (χ3v) is 4.85. The zero-order valence-corrected chi connectivity index (χ0v) is 18.2. The number of ether oxygens (including phenoxy) is 2. The number of hydrogen-bond acceptors (Lipinski definition) is 6. The minimum Gasteiger partial charge on any atom is -0.490 e. The average molecular weight is 480 g/mol. The predicted octanol–water partition coefficient (Wildman–Crippen LogP) is 3.77. The molecule has 1 unspecified atom stereocenters. The second-order valence-electron chi connectivity index (χ2n) is 7.56. The number of H-pyrrole nitrogens is 1. The summed E-state index contributed by atoms with van der Waals surface area (Å²) in [4.78, 5) is 21.9. The lowest BCUT2D eigenvalue weighted by Crippen LogP contribution is -2.30. The van der Waals surface area contributed by atoms with Crippen LogP contribution in [0.2, 0.25) is 0 Å². The maximum absolute atomic E-state index is 12.4. The first-order valence-corrected chi connectivity index (χ1v) is 10.4. The lowest BCUT2D eigenvalue weighted by atomic mass is 10.1. The maximum atomic E-state index is 12.4. The molecule has 178 valence electrons. The number of para-hydroxylation sites is 1. The van der Waals surface area contributed by atoms with Crippen LogP contribution in [0.1, 0.15) is 16.7 Å². The van der Waals surface area contributed by atoms with Crippen LogP contribution in [0.5, 0.6) is 11.6 Å². The Morgan fingerprint density at radius 3 is 2.74 bits per heavy atom. The fraction of sp³-hybridized carbons (Fsp3) is 0.160. The number of nitrogens with two attached hydrogens (primary N) is 1. The lowest BCUT2D eigenvalue weighted by Gasteiger charge is -2.13. The van der Waals surface area contributed by atoms with Gasteiger partial charge in [-0.05, 0) is 30.2 Å². The lowest BCUT2D eigenvalue weighted by molar-refractivity contribution is -0.190. The molecule has 3 N–H and O–H groups in total.